The molecule has 25 heavy (non-hydrogen) atoms. The zero-order chi connectivity index (χ0) is 17.8. The molecule has 1 amide bonds. The van der Waals surface area contributed by atoms with E-state index in [0.717, 1.165) is 30.3 Å². The molecule has 134 valence electrons. The number of halogens is 1. The van der Waals surface area contributed by atoms with Crippen molar-refractivity contribution < 1.29 is 9.18 Å². The van der Waals surface area contributed by atoms with Crippen molar-refractivity contribution >= 4 is 29.0 Å². The Bertz CT molecular complexity index is 737. The van der Waals surface area contributed by atoms with Crippen LogP contribution < -0.4 is 0 Å². The molecule has 0 unspecified atom stereocenters. The van der Waals surface area contributed by atoms with Crippen LogP contribution in [0.2, 0.25) is 0 Å². The maximum Gasteiger partial charge on any atom is 0.273 e. The van der Waals surface area contributed by atoms with Crippen LogP contribution in [0.1, 0.15) is 28.9 Å². The number of rotatable bonds is 5. The van der Waals surface area contributed by atoms with Crippen LogP contribution in [0, 0.1) is 5.82 Å². The summed E-state index contributed by atoms with van der Waals surface area (Å²) in [5, 5.41) is 1.82. The van der Waals surface area contributed by atoms with Crippen LogP contribution in [0.25, 0.3) is 0 Å². The van der Waals surface area contributed by atoms with Gasteiger partial charge >= 0.3 is 0 Å². The smallest absolute Gasteiger partial charge is 0.273 e. The average Bonchev–Trinajstić information content (AvgIpc) is 3.12. The Morgan fingerprint density at radius 1 is 1.48 bits per heavy atom. The molecule has 3 rings (SSSR count). The Balaban J connectivity index is 1.64. The molecular weight excluding hydrogens is 357 g/mol. The van der Waals surface area contributed by atoms with Crippen LogP contribution in [0.15, 0.2) is 34.0 Å². The highest BCUT2D eigenvalue weighted by molar-refractivity contribution is 8.00. The first-order valence-corrected chi connectivity index (χ1v) is 10.4. The van der Waals surface area contributed by atoms with Gasteiger partial charge in [-0.05, 0) is 31.7 Å². The average molecular weight is 380 g/mol. The summed E-state index contributed by atoms with van der Waals surface area (Å²) in [4.78, 5) is 21.1. The number of carbonyl (C=O) groups is 1. The molecular formula is C18H22FN3OS2. The highest BCUT2D eigenvalue weighted by atomic mass is 32.2. The first kappa shape index (κ1) is 18.4. The summed E-state index contributed by atoms with van der Waals surface area (Å²) in [6.45, 7) is 2.27. The molecule has 7 heteroatoms. The van der Waals surface area contributed by atoms with E-state index in [-0.39, 0.29) is 17.8 Å². The van der Waals surface area contributed by atoms with E-state index in [2.05, 4.69) is 9.88 Å². The van der Waals surface area contributed by atoms with Crippen molar-refractivity contribution in [2.75, 3.05) is 26.4 Å². The minimum atomic E-state index is -0.166. The lowest BCUT2D eigenvalue weighted by Crippen LogP contribution is -2.48. The van der Waals surface area contributed by atoms with Crippen LogP contribution >= 0.6 is 23.1 Å². The van der Waals surface area contributed by atoms with Gasteiger partial charge in [-0.1, -0.05) is 30.0 Å². The third-order valence-corrected chi connectivity index (χ3v) is 6.44. The van der Waals surface area contributed by atoms with Crippen LogP contribution in [0.4, 0.5) is 4.39 Å². The fourth-order valence-corrected chi connectivity index (χ4v) is 4.39. The molecule has 0 saturated carbocycles. The van der Waals surface area contributed by atoms with E-state index >= 15 is 0 Å². The molecule has 0 spiro atoms. The Kier molecular flexibility index (Phi) is 6.09. The van der Waals surface area contributed by atoms with Crippen molar-refractivity contribution in [1.82, 2.24) is 14.8 Å². The Hall–Kier alpha value is -1.44. The summed E-state index contributed by atoms with van der Waals surface area (Å²) >= 11 is 3.05. The van der Waals surface area contributed by atoms with Gasteiger partial charge in [0, 0.05) is 37.1 Å². The number of thioether (sulfide) groups is 1. The van der Waals surface area contributed by atoms with Gasteiger partial charge < -0.3 is 4.90 Å². The Labute approximate surface area is 156 Å². The number of likely N-dealkylation sites (tertiary alicyclic amines) is 1. The number of amides is 1. The van der Waals surface area contributed by atoms with Gasteiger partial charge in [-0.3, -0.25) is 9.69 Å². The predicted octanol–water partition coefficient (Wildman–Crippen LogP) is 3.74. The number of carbonyl (C=O) groups excluding carboxylic acids is 1. The van der Waals surface area contributed by atoms with Crippen molar-refractivity contribution in [3.8, 4) is 0 Å². The normalized spacial score (nSPS) is 18.3. The number of thiazole rings is 1. The molecule has 1 fully saturated rings. The van der Waals surface area contributed by atoms with E-state index in [9.17, 15) is 9.18 Å². The van der Waals surface area contributed by atoms with E-state index in [0.29, 0.717) is 17.8 Å². The molecule has 1 aliphatic heterocycles. The molecule has 2 heterocycles. The minimum Gasteiger partial charge on any atom is -0.336 e. The number of hydrogen-bond acceptors (Lipinski definition) is 5. The lowest BCUT2D eigenvalue weighted by atomic mass is 10.0. The maximum atomic E-state index is 13.9. The molecule has 1 aromatic heterocycles. The van der Waals surface area contributed by atoms with E-state index in [1.165, 1.54) is 17.4 Å². The van der Waals surface area contributed by atoms with Crippen molar-refractivity contribution in [3.05, 3.63) is 46.7 Å². The SMILES string of the molecule is CSc1nc(C(=O)N(C)[C@@H]2CCCN(Cc3ccccc3F)C2)cs1. The molecule has 0 aliphatic carbocycles. The van der Waals surface area contributed by atoms with E-state index < -0.39 is 0 Å². The highest BCUT2D eigenvalue weighted by Gasteiger charge is 2.28. The third kappa shape index (κ3) is 4.40. The van der Waals surface area contributed by atoms with E-state index in [4.69, 9.17) is 0 Å². The highest BCUT2D eigenvalue weighted by Crippen LogP contribution is 2.23. The van der Waals surface area contributed by atoms with E-state index in [1.54, 1.807) is 22.7 Å². The van der Waals surface area contributed by atoms with E-state index in [1.807, 2.05) is 30.8 Å². The van der Waals surface area contributed by atoms with Gasteiger partial charge in [-0.25, -0.2) is 9.37 Å². The number of benzene rings is 1. The summed E-state index contributed by atoms with van der Waals surface area (Å²) in [5.74, 6) is -0.199. The van der Waals surface area contributed by atoms with Crippen molar-refractivity contribution in [3.63, 3.8) is 0 Å². The monoisotopic (exact) mass is 379 g/mol. The minimum absolute atomic E-state index is 0.0331. The fourth-order valence-electron chi connectivity index (χ4n) is 3.15. The first-order valence-electron chi connectivity index (χ1n) is 8.31. The second-order valence-electron chi connectivity index (χ2n) is 6.24. The predicted molar refractivity (Wildman–Crippen MR) is 101 cm³/mol. The van der Waals surface area contributed by atoms with Crippen molar-refractivity contribution in [2.24, 2.45) is 0 Å². The third-order valence-electron chi connectivity index (χ3n) is 4.58. The quantitative estimate of drug-likeness (QED) is 0.742. The Morgan fingerprint density at radius 2 is 2.28 bits per heavy atom. The second kappa shape index (κ2) is 8.29. The van der Waals surface area contributed by atoms with Crippen LogP contribution in [-0.4, -0.2) is 53.1 Å². The maximum absolute atomic E-state index is 13.9. The number of piperidine rings is 1. The van der Waals surface area contributed by atoms with Gasteiger partial charge in [0.15, 0.2) is 0 Å². The summed E-state index contributed by atoms with van der Waals surface area (Å²) in [6, 6.07) is 7.03. The molecule has 0 bridgehead atoms. The van der Waals surface area contributed by atoms with Crippen LogP contribution in [-0.2, 0) is 6.54 Å². The summed E-state index contributed by atoms with van der Waals surface area (Å²) in [7, 11) is 1.84. The van der Waals surface area contributed by atoms with Crippen molar-refractivity contribution in [1.29, 1.82) is 0 Å². The molecule has 1 aromatic carbocycles. The lowest BCUT2D eigenvalue weighted by Gasteiger charge is -2.37. The van der Waals surface area contributed by atoms with Gasteiger partial charge in [-0.2, -0.15) is 0 Å². The van der Waals surface area contributed by atoms with Crippen LogP contribution in [0.3, 0.4) is 0 Å². The van der Waals surface area contributed by atoms with Gasteiger partial charge in [-0.15, -0.1) is 11.3 Å². The number of likely N-dealkylation sites (N-methyl/N-ethyl adjacent to an activating group) is 1. The van der Waals surface area contributed by atoms with Gasteiger partial charge in [0.25, 0.3) is 5.91 Å². The molecule has 1 aliphatic rings. The molecule has 0 radical (unpaired) electrons. The van der Waals surface area contributed by atoms with Gasteiger partial charge in [0.1, 0.15) is 15.9 Å². The molecule has 1 atom stereocenters. The molecule has 1 saturated heterocycles. The molecule has 4 nitrogen and oxygen atoms in total. The lowest BCUT2D eigenvalue weighted by molar-refractivity contribution is 0.0602. The second-order valence-corrected chi connectivity index (χ2v) is 8.15. The standard InChI is InChI=1S/C18H22FN3OS2/c1-21(17(23)16-12-25-18(20-16)24-2)14-7-5-9-22(11-14)10-13-6-3-4-8-15(13)19/h3-4,6,8,12,14H,5,7,9-11H2,1-2H3/t14-/m1/s1. The number of nitrogens with zero attached hydrogens (tertiary/aromatic N) is 3. The van der Waals surface area contributed by atoms with Crippen molar-refractivity contribution in [2.45, 2.75) is 29.8 Å². The van der Waals surface area contributed by atoms with Crippen LogP contribution in [0.5, 0.6) is 0 Å². The zero-order valence-corrected chi connectivity index (χ0v) is 16.1. The first-order chi connectivity index (χ1) is 12.1. The Morgan fingerprint density at radius 3 is 3.00 bits per heavy atom. The number of hydrogen-bond donors (Lipinski definition) is 0. The molecule has 0 N–H and O–H groups in total. The fraction of sp³-hybridized carbons (Fsp3) is 0.444. The van der Waals surface area contributed by atoms with Gasteiger partial charge in [0.05, 0.1) is 0 Å². The number of aromatic nitrogens is 1. The molecule has 2 aromatic rings. The summed E-state index contributed by atoms with van der Waals surface area (Å²) in [6.07, 6.45) is 3.93. The van der Waals surface area contributed by atoms with Gasteiger partial charge in [0.2, 0.25) is 0 Å². The zero-order valence-electron chi connectivity index (χ0n) is 14.4. The largest absolute Gasteiger partial charge is 0.336 e. The summed E-state index contributed by atoms with van der Waals surface area (Å²) in [5.41, 5.74) is 1.23. The topological polar surface area (TPSA) is 36.4 Å². The summed E-state index contributed by atoms with van der Waals surface area (Å²) < 4.78 is 14.8.